The van der Waals surface area contributed by atoms with Gasteiger partial charge in [0, 0.05) is 17.9 Å². The molecular formula is C12H23N3S. The number of rotatable bonds is 4. The van der Waals surface area contributed by atoms with E-state index in [4.69, 9.17) is 0 Å². The zero-order valence-electron chi connectivity index (χ0n) is 11.2. The molecule has 0 bridgehead atoms. The predicted molar refractivity (Wildman–Crippen MR) is 70.0 cm³/mol. The van der Waals surface area contributed by atoms with Gasteiger partial charge in [-0.1, -0.05) is 34.6 Å². The molecule has 1 heterocycles. The van der Waals surface area contributed by atoms with E-state index in [1.165, 1.54) is 11.5 Å². The first-order valence-corrected chi connectivity index (χ1v) is 6.62. The van der Waals surface area contributed by atoms with Gasteiger partial charge in [-0.2, -0.15) is 4.37 Å². The second kappa shape index (κ2) is 5.23. The molecule has 92 valence electrons. The molecule has 0 aliphatic heterocycles. The molecule has 16 heavy (non-hydrogen) atoms. The van der Waals surface area contributed by atoms with Gasteiger partial charge in [0.1, 0.15) is 10.8 Å². The quantitative estimate of drug-likeness (QED) is 0.880. The molecule has 0 aliphatic carbocycles. The van der Waals surface area contributed by atoms with Gasteiger partial charge in [0.25, 0.3) is 0 Å². The van der Waals surface area contributed by atoms with Crippen molar-refractivity contribution in [2.75, 3.05) is 7.05 Å². The number of nitrogens with zero attached hydrogens (tertiary/aromatic N) is 2. The third-order valence-corrected chi connectivity index (χ3v) is 3.44. The zero-order valence-corrected chi connectivity index (χ0v) is 12.0. The van der Waals surface area contributed by atoms with Crippen molar-refractivity contribution in [3.63, 3.8) is 0 Å². The normalized spacial score (nSPS) is 14.4. The van der Waals surface area contributed by atoms with Crippen molar-refractivity contribution in [3.8, 4) is 0 Å². The first-order valence-electron chi connectivity index (χ1n) is 5.85. The van der Waals surface area contributed by atoms with Crippen LogP contribution in [0.2, 0.25) is 0 Å². The minimum atomic E-state index is 0.0573. The lowest BCUT2D eigenvalue weighted by molar-refractivity contribution is 0.423. The van der Waals surface area contributed by atoms with Crippen molar-refractivity contribution >= 4 is 11.5 Å². The Morgan fingerprint density at radius 3 is 2.31 bits per heavy atom. The molecule has 1 aromatic heterocycles. The number of hydrogen-bond donors (Lipinski definition) is 1. The first-order chi connectivity index (χ1) is 7.34. The third kappa shape index (κ3) is 3.52. The van der Waals surface area contributed by atoms with Crippen LogP contribution >= 0.6 is 11.5 Å². The molecule has 0 fully saturated rings. The summed E-state index contributed by atoms with van der Waals surface area (Å²) >= 11 is 1.54. The lowest BCUT2D eigenvalue weighted by Gasteiger charge is -2.18. The van der Waals surface area contributed by atoms with E-state index in [9.17, 15) is 0 Å². The van der Waals surface area contributed by atoms with Crippen LogP contribution in [0.25, 0.3) is 0 Å². The topological polar surface area (TPSA) is 37.8 Å². The maximum Gasteiger partial charge on any atom is 0.147 e. The van der Waals surface area contributed by atoms with Crippen molar-refractivity contribution in [1.82, 2.24) is 14.7 Å². The summed E-state index contributed by atoms with van der Waals surface area (Å²) in [6, 6.07) is 0.487. The fraction of sp³-hybridized carbons (Fsp3) is 0.833. The van der Waals surface area contributed by atoms with Gasteiger partial charge >= 0.3 is 0 Å². The van der Waals surface area contributed by atoms with E-state index >= 15 is 0 Å². The van der Waals surface area contributed by atoms with Crippen molar-refractivity contribution in [2.24, 2.45) is 5.92 Å². The Hall–Kier alpha value is -0.480. The third-order valence-electron chi connectivity index (χ3n) is 2.71. The fourth-order valence-electron chi connectivity index (χ4n) is 1.50. The maximum absolute atomic E-state index is 4.62. The Bertz CT molecular complexity index is 325. The van der Waals surface area contributed by atoms with E-state index in [-0.39, 0.29) is 5.41 Å². The van der Waals surface area contributed by atoms with Gasteiger partial charge in [0.2, 0.25) is 0 Å². The summed E-state index contributed by atoms with van der Waals surface area (Å²) in [5, 5.41) is 4.47. The highest BCUT2D eigenvalue weighted by Crippen LogP contribution is 2.21. The van der Waals surface area contributed by atoms with Gasteiger partial charge in [0.05, 0.1) is 0 Å². The van der Waals surface area contributed by atoms with Crippen LogP contribution in [0, 0.1) is 5.92 Å². The minimum absolute atomic E-state index is 0.0573. The van der Waals surface area contributed by atoms with E-state index in [1.54, 1.807) is 0 Å². The summed E-state index contributed by atoms with van der Waals surface area (Å²) in [6.45, 7) is 10.9. The van der Waals surface area contributed by atoms with E-state index in [1.807, 2.05) is 7.05 Å². The van der Waals surface area contributed by atoms with Gasteiger partial charge in [0.15, 0.2) is 0 Å². The van der Waals surface area contributed by atoms with Gasteiger partial charge in [-0.05, 0) is 24.5 Å². The van der Waals surface area contributed by atoms with Crippen molar-refractivity contribution < 1.29 is 0 Å². The highest BCUT2D eigenvalue weighted by molar-refractivity contribution is 7.05. The Balaban J connectivity index is 2.72. The van der Waals surface area contributed by atoms with E-state index < -0.39 is 0 Å². The molecule has 1 N–H and O–H groups in total. The molecule has 1 rings (SSSR count). The lowest BCUT2D eigenvalue weighted by atomic mass is 9.96. The molecule has 0 radical (unpaired) electrons. The second-order valence-electron chi connectivity index (χ2n) is 5.61. The molecule has 0 saturated heterocycles. The SMILES string of the molecule is CNC(Cc1nc(C(C)(C)C)ns1)C(C)C. The summed E-state index contributed by atoms with van der Waals surface area (Å²) in [5.74, 6) is 1.58. The molecule has 4 heteroatoms. The van der Waals surface area contributed by atoms with Crippen LogP contribution in [0.4, 0.5) is 0 Å². The summed E-state index contributed by atoms with van der Waals surface area (Å²) in [7, 11) is 2.01. The largest absolute Gasteiger partial charge is 0.316 e. The number of hydrogen-bond acceptors (Lipinski definition) is 4. The number of likely N-dealkylation sites (N-methyl/N-ethyl adjacent to an activating group) is 1. The molecule has 3 nitrogen and oxygen atoms in total. The standard InChI is InChI=1S/C12H23N3S/c1-8(2)9(13-6)7-10-14-11(15-16-10)12(3,4)5/h8-9,13H,7H2,1-6H3. The second-order valence-corrected chi connectivity index (χ2v) is 6.44. The monoisotopic (exact) mass is 241 g/mol. The molecule has 1 aromatic rings. The molecule has 0 aliphatic rings. The molecule has 0 aromatic carbocycles. The van der Waals surface area contributed by atoms with Crippen LogP contribution in [0.3, 0.4) is 0 Å². The van der Waals surface area contributed by atoms with Gasteiger partial charge in [-0.3, -0.25) is 0 Å². The highest BCUT2D eigenvalue weighted by atomic mass is 32.1. The molecule has 1 atom stereocenters. The maximum atomic E-state index is 4.62. The summed E-state index contributed by atoms with van der Waals surface area (Å²) in [4.78, 5) is 4.62. The minimum Gasteiger partial charge on any atom is -0.316 e. The lowest BCUT2D eigenvalue weighted by Crippen LogP contribution is -2.32. The average molecular weight is 241 g/mol. The molecular weight excluding hydrogens is 218 g/mol. The van der Waals surface area contributed by atoms with Crippen LogP contribution in [0.5, 0.6) is 0 Å². The first kappa shape index (κ1) is 13.6. The van der Waals surface area contributed by atoms with Gasteiger partial charge in [-0.15, -0.1) is 0 Å². The predicted octanol–water partition coefficient (Wildman–Crippen LogP) is 2.62. The van der Waals surface area contributed by atoms with Crippen LogP contribution < -0.4 is 5.32 Å². The van der Waals surface area contributed by atoms with E-state index in [0.29, 0.717) is 12.0 Å². The highest BCUT2D eigenvalue weighted by Gasteiger charge is 2.21. The van der Waals surface area contributed by atoms with Crippen LogP contribution in [-0.4, -0.2) is 22.4 Å². The Kier molecular flexibility index (Phi) is 4.44. The van der Waals surface area contributed by atoms with Gasteiger partial charge in [-0.25, -0.2) is 4.98 Å². The molecule has 1 unspecified atom stereocenters. The van der Waals surface area contributed by atoms with Crippen molar-refractivity contribution in [1.29, 1.82) is 0 Å². The van der Waals surface area contributed by atoms with Crippen LogP contribution in [0.15, 0.2) is 0 Å². The van der Waals surface area contributed by atoms with Crippen LogP contribution in [0.1, 0.15) is 45.5 Å². The van der Waals surface area contributed by atoms with Gasteiger partial charge < -0.3 is 5.32 Å². The van der Waals surface area contributed by atoms with Crippen molar-refractivity contribution in [2.45, 2.75) is 52.5 Å². The van der Waals surface area contributed by atoms with Crippen LogP contribution in [-0.2, 0) is 11.8 Å². The van der Waals surface area contributed by atoms with E-state index in [0.717, 1.165) is 17.3 Å². The number of nitrogens with one attached hydrogen (secondary N) is 1. The summed E-state index contributed by atoms with van der Waals surface area (Å²) in [5.41, 5.74) is 0.0573. The number of aromatic nitrogens is 2. The van der Waals surface area contributed by atoms with Crippen molar-refractivity contribution in [3.05, 3.63) is 10.8 Å². The van der Waals surface area contributed by atoms with E-state index in [2.05, 4.69) is 49.3 Å². The smallest absolute Gasteiger partial charge is 0.147 e. The average Bonchev–Trinajstić information content (AvgIpc) is 2.61. The summed E-state index contributed by atoms with van der Waals surface area (Å²) in [6.07, 6.45) is 0.974. The fourth-order valence-corrected chi connectivity index (χ4v) is 2.39. The zero-order chi connectivity index (χ0) is 12.3. The summed E-state index contributed by atoms with van der Waals surface area (Å²) < 4.78 is 4.44. The molecule has 0 amide bonds. The Morgan fingerprint density at radius 2 is 1.94 bits per heavy atom. The molecule has 0 saturated carbocycles. The Labute approximate surface area is 103 Å². The Morgan fingerprint density at radius 1 is 1.31 bits per heavy atom. The molecule has 0 spiro atoms.